The summed E-state index contributed by atoms with van der Waals surface area (Å²) in [5.74, 6) is -7.51. The van der Waals surface area contributed by atoms with E-state index in [9.17, 15) is 118 Å². The summed E-state index contributed by atoms with van der Waals surface area (Å²) in [7, 11) is -7.84. The van der Waals surface area contributed by atoms with Gasteiger partial charge in [0.1, 0.15) is 101 Å². The third-order valence-corrected chi connectivity index (χ3v) is 22.0. The molecular formula is C75H129N5O36P2. The van der Waals surface area contributed by atoms with Crippen molar-refractivity contribution >= 4 is 85.7 Å². The first-order valence-corrected chi connectivity index (χ1v) is 43.9. The molecule has 2 aliphatic carbocycles. The second kappa shape index (κ2) is 53.9. The van der Waals surface area contributed by atoms with Gasteiger partial charge >= 0.3 is 7.60 Å². The predicted octanol–water partition coefficient (Wildman–Crippen LogP) is -3.17. The molecule has 0 aromatic heterocycles. The van der Waals surface area contributed by atoms with Gasteiger partial charge in [0, 0.05) is 142 Å². The van der Waals surface area contributed by atoms with E-state index >= 15 is 0 Å². The van der Waals surface area contributed by atoms with Crippen LogP contribution in [0.25, 0.3) is 0 Å². The van der Waals surface area contributed by atoms with Gasteiger partial charge in [-0.25, -0.2) is 0 Å². The summed E-state index contributed by atoms with van der Waals surface area (Å²) >= 11 is 0. The van der Waals surface area contributed by atoms with Gasteiger partial charge in [-0.15, -0.1) is 0 Å². The molecule has 680 valence electrons. The standard InChI is InChI=1S/C73H123N5O36P2.C2H6/c1-41-29-55(59(111-41)37-109-115(5,100)101)114-116(6,102)110-36-46-30-52(90)32-53(46)54(91)13-14-61(93)78-73(38-103-23-16-47(85)9-7-11-49(87)18-26-106-56-31-45(33-79)65(94)68(97)62(56)75-42(2)82,39-104-24-17-48(86)10-8-12-50(88)19-27-107-71-63(76-43(3)83)69(98)66(95)57(34-80)112-71)40-105-25-21-60(92)74-22-15-51(89)20-28-108-72-64(77-44(4)84)70(99)67(96)58(35-81)113-72;1-2/h41,45-46,52-53,55-59,62-72,79-81,90,94-99,102H,6-40H2,1-5H3,(H,74,92)(H,75,82)(H,76,83)(H,77,84)(H,78,93)(H,100,101);1-2H3/t41-,45?,46-,52+,53?,55-,56+,57?,58?,59+,62?,63?,64?,65-,66-,67-,68+,69+,70+,71+,72+,73?,116?;/m0./s1. The minimum absolute atomic E-state index is 0.0346. The normalized spacial score (nSPS) is 29.8. The molecule has 3 aliphatic heterocycles. The Morgan fingerprint density at radius 3 is 1.38 bits per heavy atom. The van der Waals surface area contributed by atoms with Crippen LogP contribution in [0.5, 0.6) is 0 Å². The highest BCUT2D eigenvalue weighted by Gasteiger charge is 2.49. The topological polar surface area (TPSA) is 619 Å². The van der Waals surface area contributed by atoms with Crippen molar-refractivity contribution in [2.45, 2.75) is 279 Å². The van der Waals surface area contributed by atoms with Crippen LogP contribution in [-0.2, 0) is 114 Å². The molecule has 5 aliphatic rings. The fourth-order valence-corrected chi connectivity index (χ4v) is 15.6. The lowest BCUT2D eigenvalue weighted by Gasteiger charge is -2.42. The molecule has 43 heteroatoms. The van der Waals surface area contributed by atoms with Crippen LogP contribution in [0.4, 0.5) is 0 Å². The molecule has 5 rings (SSSR count). The summed E-state index contributed by atoms with van der Waals surface area (Å²) in [6.45, 7) is 4.61. The van der Waals surface area contributed by atoms with Crippen molar-refractivity contribution in [2.75, 3.05) is 106 Å². The maximum Gasteiger partial charge on any atom is 0.325 e. The molecule has 5 amide bonds. The van der Waals surface area contributed by atoms with Crippen LogP contribution in [-0.4, -0.2) is 353 Å². The number of ether oxygens (including phenoxy) is 9. The zero-order chi connectivity index (χ0) is 88.0. The number of aliphatic hydroxyl groups excluding tert-OH is 10. The van der Waals surface area contributed by atoms with Gasteiger partial charge in [0.25, 0.3) is 0 Å². The minimum Gasteiger partial charge on any atom is -0.396 e. The highest BCUT2D eigenvalue weighted by atomic mass is 31.2. The molecule has 10 unspecified atom stereocenters. The average Bonchev–Trinajstić information content (AvgIpc) is 1.16. The number of rotatable bonds is 57. The summed E-state index contributed by atoms with van der Waals surface area (Å²) in [4.78, 5) is 164. The lowest BCUT2D eigenvalue weighted by molar-refractivity contribution is -0.269. The van der Waals surface area contributed by atoms with E-state index in [0.29, 0.717) is 0 Å². The predicted molar refractivity (Wildman–Crippen MR) is 414 cm³/mol. The van der Waals surface area contributed by atoms with Crippen LogP contribution in [0.15, 0.2) is 0 Å². The Kier molecular flexibility index (Phi) is 48.1. The van der Waals surface area contributed by atoms with Crippen LogP contribution in [0.1, 0.15) is 164 Å². The van der Waals surface area contributed by atoms with Crippen molar-refractivity contribution in [3.8, 4) is 0 Å². The fourth-order valence-electron chi connectivity index (χ4n) is 14.1. The van der Waals surface area contributed by atoms with E-state index in [-0.39, 0.29) is 197 Å². The molecule has 0 bridgehead atoms. The summed E-state index contributed by atoms with van der Waals surface area (Å²) < 4.78 is 80.7. The molecule has 24 atom stereocenters. The van der Waals surface area contributed by atoms with Gasteiger partial charge in [-0.1, -0.05) is 13.8 Å². The SMILES string of the molecule is C=P(O)(OC[C@@H]1C[C@@H](O)CC1C(=O)CCC(=O)NC(COCCC(=O)CCCC(=O)CCO[C@@H]1OC(CO)[C@H](O)[C@H](O)C1NC(C)=O)(COCCC(=O)CCCC(=O)CCO[C@@H]1CC(CO)[C@H](O)[C@H](O)C1NC(C)=O)COCCC(=O)NCCC(=O)CCO[C@@H]1OC(CO)[C@H](O)[C@H](O)C1NC(C)=O)O[C@H]1C[C@H](C)O[C@@H]1COP(C)(=O)O.CC. The van der Waals surface area contributed by atoms with E-state index in [1.807, 2.05) is 13.8 Å². The third kappa shape index (κ3) is 38.0. The fraction of sp³-hybridized carbons (Fsp3) is 0.840. The quantitative estimate of drug-likeness (QED) is 0.0211. The number of hydrogen-bond acceptors (Lipinski definition) is 35. The molecule has 2 saturated carbocycles. The van der Waals surface area contributed by atoms with Gasteiger partial charge in [0.05, 0.1) is 122 Å². The van der Waals surface area contributed by atoms with E-state index in [2.05, 4.69) is 32.9 Å². The molecule has 0 aromatic carbocycles. The maximum absolute atomic E-state index is 14.4. The van der Waals surface area contributed by atoms with Gasteiger partial charge in [-0.2, -0.15) is 0 Å². The molecule has 5 fully saturated rings. The monoisotopic (exact) mass is 1740 g/mol. The van der Waals surface area contributed by atoms with Crippen LogP contribution < -0.4 is 26.6 Å². The molecule has 17 N–H and O–H groups in total. The summed E-state index contributed by atoms with van der Waals surface area (Å²) in [5.41, 5.74) is -1.73. The molecule has 3 saturated heterocycles. The number of aliphatic hydroxyl groups is 10. The highest BCUT2D eigenvalue weighted by Crippen LogP contribution is 2.49. The number of carbonyl (C=O) groups is 11. The van der Waals surface area contributed by atoms with Crippen LogP contribution >= 0.6 is 15.2 Å². The number of amides is 5. The Balaban J connectivity index is 0.0000145. The lowest BCUT2D eigenvalue weighted by atomic mass is 9.79. The summed E-state index contributed by atoms with van der Waals surface area (Å²) in [6, 6.07) is -3.50. The number of nitrogens with one attached hydrogen (secondary N) is 5. The van der Waals surface area contributed by atoms with E-state index in [1.54, 1.807) is 6.92 Å². The number of hydrogen-bond donors (Lipinski definition) is 17. The van der Waals surface area contributed by atoms with Crippen molar-refractivity contribution < 1.29 is 174 Å². The first kappa shape index (κ1) is 105. The Bertz CT molecular complexity index is 3020. The van der Waals surface area contributed by atoms with Gasteiger partial charge in [0.2, 0.25) is 37.1 Å². The zero-order valence-corrected chi connectivity index (χ0v) is 70.2. The maximum atomic E-state index is 14.4. The lowest BCUT2D eigenvalue weighted by Crippen LogP contribution is -2.64. The van der Waals surface area contributed by atoms with E-state index in [0.717, 1.165) is 13.6 Å². The molecule has 0 radical (unpaired) electrons. The second-order valence-electron chi connectivity index (χ2n) is 30.2. The van der Waals surface area contributed by atoms with Crippen molar-refractivity contribution in [3.63, 3.8) is 0 Å². The molecular weight excluding hydrogens is 1610 g/mol. The first-order valence-electron chi connectivity index (χ1n) is 40.1. The summed E-state index contributed by atoms with van der Waals surface area (Å²) in [6.07, 6.45) is -16.6. The smallest absolute Gasteiger partial charge is 0.325 e. The van der Waals surface area contributed by atoms with Gasteiger partial charge < -0.3 is 144 Å². The number of ketones is 6. The van der Waals surface area contributed by atoms with Crippen LogP contribution in [0, 0.1) is 17.8 Å². The zero-order valence-electron chi connectivity index (χ0n) is 68.4. The molecule has 0 aromatic rings. The second-order valence-corrected chi connectivity index (χ2v) is 33.9. The molecule has 0 spiro atoms. The Morgan fingerprint density at radius 2 is 0.915 bits per heavy atom. The van der Waals surface area contributed by atoms with E-state index in [4.69, 9.17) is 56.2 Å². The molecule has 3 heterocycles. The molecule has 118 heavy (non-hydrogen) atoms. The van der Waals surface area contributed by atoms with Gasteiger partial charge in [-0.05, 0) is 51.2 Å². The van der Waals surface area contributed by atoms with Gasteiger partial charge in [-0.3, -0.25) is 57.3 Å². The van der Waals surface area contributed by atoms with Gasteiger partial charge in [0.15, 0.2) is 12.6 Å². The largest absolute Gasteiger partial charge is 0.396 e. The van der Waals surface area contributed by atoms with Crippen LogP contribution in [0.2, 0.25) is 0 Å². The third-order valence-electron chi connectivity index (χ3n) is 20.2. The van der Waals surface area contributed by atoms with Crippen molar-refractivity contribution in [2.24, 2.45) is 17.8 Å². The average molecular weight is 1740 g/mol. The van der Waals surface area contributed by atoms with Crippen molar-refractivity contribution in [3.05, 3.63) is 0 Å². The summed E-state index contributed by atoms with van der Waals surface area (Å²) in [5, 5.41) is 116. The Morgan fingerprint density at radius 1 is 0.466 bits per heavy atom. The van der Waals surface area contributed by atoms with Crippen LogP contribution in [0.3, 0.4) is 0 Å². The Labute approximate surface area is 686 Å². The van der Waals surface area contributed by atoms with Crippen molar-refractivity contribution in [1.82, 2.24) is 26.6 Å². The van der Waals surface area contributed by atoms with E-state index in [1.165, 1.54) is 13.8 Å². The van der Waals surface area contributed by atoms with Crippen molar-refractivity contribution in [1.29, 1.82) is 0 Å². The first-order chi connectivity index (χ1) is 55.8. The molecule has 41 nitrogen and oxygen atoms in total. The number of carbonyl (C=O) groups excluding carboxylic acids is 11. The Hall–Kier alpha value is -5.06. The minimum atomic E-state index is -3.93. The number of Topliss-reactive ketones (excluding diaryl/α,β-unsaturated/α-hetero) is 6. The van der Waals surface area contributed by atoms with E-state index < -0.39 is 236 Å². The highest BCUT2D eigenvalue weighted by molar-refractivity contribution is 7.58.